The van der Waals surface area contributed by atoms with Crippen molar-refractivity contribution >= 4 is 5.91 Å². The predicted octanol–water partition coefficient (Wildman–Crippen LogP) is 3.07. The Hall–Kier alpha value is -1.49. The maximum atomic E-state index is 13.2. The number of aryl methyl sites for hydroxylation is 1. The Labute approximate surface area is 129 Å². The second kappa shape index (κ2) is 6.73. The first kappa shape index (κ1) is 15.4. The Kier molecular flexibility index (Phi) is 4.71. The van der Waals surface area contributed by atoms with Gasteiger partial charge in [-0.05, 0) is 37.0 Å². The molecule has 0 aromatic heterocycles. The monoisotopic (exact) mass is 309 g/mol. The highest BCUT2D eigenvalue weighted by molar-refractivity contribution is 5.77. The zero-order valence-corrected chi connectivity index (χ0v) is 12.6. The van der Waals surface area contributed by atoms with E-state index in [1.807, 2.05) is 4.90 Å². The molecule has 2 atom stereocenters. The van der Waals surface area contributed by atoms with Crippen molar-refractivity contribution in [2.24, 2.45) is 0 Å². The summed E-state index contributed by atoms with van der Waals surface area (Å²) in [5.41, 5.74) is 0.653. The number of benzene rings is 1. The second-order valence-corrected chi connectivity index (χ2v) is 6.10. The standard InChI is InChI=1S/C17H21F2NO2/c18-13-7-5-12(11-14(13)19)6-8-17(21)20-9-10-22-16-4-2-1-3-15(16)20/h5,7,11,15-16H,1-4,6,8-10H2. The van der Waals surface area contributed by atoms with Gasteiger partial charge in [-0.15, -0.1) is 0 Å². The van der Waals surface area contributed by atoms with Gasteiger partial charge in [0.05, 0.1) is 18.8 Å². The van der Waals surface area contributed by atoms with Gasteiger partial charge in [0.2, 0.25) is 5.91 Å². The molecule has 5 heteroatoms. The first-order chi connectivity index (χ1) is 10.6. The maximum Gasteiger partial charge on any atom is 0.223 e. The van der Waals surface area contributed by atoms with Crippen LogP contribution in [0.5, 0.6) is 0 Å². The van der Waals surface area contributed by atoms with E-state index in [1.165, 1.54) is 12.1 Å². The molecule has 1 saturated carbocycles. The molecule has 1 amide bonds. The van der Waals surface area contributed by atoms with Crippen molar-refractivity contribution in [3.05, 3.63) is 35.4 Å². The van der Waals surface area contributed by atoms with Crippen LogP contribution < -0.4 is 0 Å². The molecule has 1 heterocycles. The number of carbonyl (C=O) groups excluding carboxylic acids is 1. The lowest BCUT2D eigenvalue weighted by atomic mass is 9.90. The Balaban J connectivity index is 1.59. The van der Waals surface area contributed by atoms with E-state index in [9.17, 15) is 13.6 Å². The van der Waals surface area contributed by atoms with Crippen molar-refractivity contribution < 1.29 is 18.3 Å². The van der Waals surface area contributed by atoms with E-state index in [0.717, 1.165) is 31.7 Å². The third-order valence-electron chi connectivity index (χ3n) is 4.66. The Morgan fingerprint density at radius 1 is 1.23 bits per heavy atom. The molecular weight excluding hydrogens is 288 g/mol. The minimum absolute atomic E-state index is 0.0879. The Morgan fingerprint density at radius 2 is 2.05 bits per heavy atom. The van der Waals surface area contributed by atoms with Gasteiger partial charge in [-0.3, -0.25) is 4.79 Å². The van der Waals surface area contributed by atoms with Crippen LogP contribution in [0.25, 0.3) is 0 Å². The highest BCUT2D eigenvalue weighted by Crippen LogP contribution is 2.29. The first-order valence-corrected chi connectivity index (χ1v) is 8.00. The fraction of sp³-hybridized carbons (Fsp3) is 0.588. The Morgan fingerprint density at radius 3 is 2.86 bits per heavy atom. The van der Waals surface area contributed by atoms with E-state index in [2.05, 4.69) is 0 Å². The van der Waals surface area contributed by atoms with Crippen molar-refractivity contribution in [2.75, 3.05) is 13.2 Å². The third kappa shape index (κ3) is 3.29. The smallest absolute Gasteiger partial charge is 0.223 e. The van der Waals surface area contributed by atoms with E-state index in [4.69, 9.17) is 4.74 Å². The van der Waals surface area contributed by atoms with E-state index in [1.54, 1.807) is 0 Å². The molecule has 2 aliphatic rings. The third-order valence-corrected chi connectivity index (χ3v) is 4.66. The normalized spacial score (nSPS) is 24.9. The van der Waals surface area contributed by atoms with E-state index >= 15 is 0 Å². The van der Waals surface area contributed by atoms with Gasteiger partial charge in [0.1, 0.15) is 0 Å². The average Bonchev–Trinajstić information content (AvgIpc) is 2.55. The molecule has 1 aromatic rings. The van der Waals surface area contributed by atoms with E-state index in [-0.39, 0.29) is 18.1 Å². The second-order valence-electron chi connectivity index (χ2n) is 6.10. The fourth-order valence-electron chi connectivity index (χ4n) is 3.50. The molecule has 1 saturated heterocycles. The van der Waals surface area contributed by atoms with E-state index in [0.29, 0.717) is 31.6 Å². The summed E-state index contributed by atoms with van der Waals surface area (Å²) in [5.74, 6) is -1.62. The van der Waals surface area contributed by atoms with Crippen molar-refractivity contribution in [3.8, 4) is 0 Å². The molecule has 1 aliphatic carbocycles. The lowest BCUT2D eigenvalue weighted by Crippen LogP contribution is -2.54. The van der Waals surface area contributed by atoms with Gasteiger partial charge in [-0.1, -0.05) is 18.9 Å². The van der Waals surface area contributed by atoms with Crippen LogP contribution in [-0.4, -0.2) is 36.1 Å². The number of hydrogen-bond acceptors (Lipinski definition) is 2. The van der Waals surface area contributed by atoms with Crippen LogP contribution in [0.15, 0.2) is 18.2 Å². The maximum absolute atomic E-state index is 13.2. The van der Waals surface area contributed by atoms with Crippen molar-refractivity contribution in [1.29, 1.82) is 0 Å². The lowest BCUT2D eigenvalue weighted by molar-refractivity contribution is -0.149. The summed E-state index contributed by atoms with van der Waals surface area (Å²) in [6.07, 6.45) is 5.27. The summed E-state index contributed by atoms with van der Waals surface area (Å²) in [6, 6.07) is 4.01. The lowest BCUT2D eigenvalue weighted by Gasteiger charge is -2.43. The molecule has 1 aromatic carbocycles. The van der Waals surface area contributed by atoms with Gasteiger partial charge in [0, 0.05) is 13.0 Å². The summed E-state index contributed by atoms with van der Waals surface area (Å²) in [5, 5.41) is 0. The summed E-state index contributed by atoms with van der Waals surface area (Å²) < 4.78 is 31.9. The van der Waals surface area contributed by atoms with Crippen molar-refractivity contribution in [1.82, 2.24) is 4.90 Å². The zero-order valence-electron chi connectivity index (χ0n) is 12.6. The SMILES string of the molecule is O=C(CCc1ccc(F)c(F)c1)N1CCOC2CCCCC21. The van der Waals surface area contributed by atoms with Crippen LogP contribution in [0.2, 0.25) is 0 Å². The number of hydrogen-bond donors (Lipinski definition) is 0. The quantitative estimate of drug-likeness (QED) is 0.859. The number of carbonyl (C=O) groups is 1. The number of morpholine rings is 1. The number of fused-ring (bicyclic) bond motifs is 1. The highest BCUT2D eigenvalue weighted by Gasteiger charge is 2.36. The van der Waals surface area contributed by atoms with Gasteiger partial charge >= 0.3 is 0 Å². The average molecular weight is 309 g/mol. The fourth-order valence-corrected chi connectivity index (χ4v) is 3.50. The molecule has 0 bridgehead atoms. The van der Waals surface area contributed by atoms with Crippen molar-refractivity contribution in [3.63, 3.8) is 0 Å². The zero-order chi connectivity index (χ0) is 15.5. The number of amides is 1. The molecule has 2 unspecified atom stereocenters. The summed E-state index contributed by atoms with van der Waals surface area (Å²) in [7, 11) is 0. The van der Waals surface area contributed by atoms with Crippen molar-refractivity contribution in [2.45, 2.75) is 50.7 Å². The number of ether oxygens (including phenoxy) is 1. The molecule has 0 radical (unpaired) electrons. The molecule has 3 rings (SSSR count). The minimum atomic E-state index is -0.858. The predicted molar refractivity (Wildman–Crippen MR) is 78.4 cm³/mol. The molecule has 2 fully saturated rings. The van der Waals surface area contributed by atoms with Crippen LogP contribution in [-0.2, 0) is 16.0 Å². The number of halogens is 2. The summed E-state index contributed by atoms with van der Waals surface area (Å²) in [6.45, 7) is 1.23. The topological polar surface area (TPSA) is 29.5 Å². The Bertz CT molecular complexity index is 547. The van der Waals surface area contributed by atoms with Crippen LogP contribution in [0.1, 0.15) is 37.7 Å². The van der Waals surface area contributed by atoms with Crippen LogP contribution >= 0.6 is 0 Å². The molecular formula is C17H21F2NO2. The van der Waals surface area contributed by atoms with Gasteiger partial charge in [-0.2, -0.15) is 0 Å². The number of rotatable bonds is 3. The molecule has 120 valence electrons. The molecule has 1 aliphatic heterocycles. The highest BCUT2D eigenvalue weighted by atomic mass is 19.2. The molecule has 0 spiro atoms. The van der Waals surface area contributed by atoms with Crippen LogP contribution in [0.4, 0.5) is 8.78 Å². The van der Waals surface area contributed by atoms with E-state index < -0.39 is 11.6 Å². The molecule has 3 nitrogen and oxygen atoms in total. The molecule has 0 N–H and O–H groups in total. The van der Waals surface area contributed by atoms with Gasteiger partial charge < -0.3 is 9.64 Å². The summed E-state index contributed by atoms with van der Waals surface area (Å²) in [4.78, 5) is 14.4. The summed E-state index contributed by atoms with van der Waals surface area (Å²) >= 11 is 0. The number of nitrogens with zero attached hydrogens (tertiary/aromatic N) is 1. The van der Waals surface area contributed by atoms with Gasteiger partial charge in [0.15, 0.2) is 11.6 Å². The largest absolute Gasteiger partial charge is 0.374 e. The van der Waals surface area contributed by atoms with Gasteiger partial charge in [-0.25, -0.2) is 8.78 Å². The van der Waals surface area contributed by atoms with Crippen LogP contribution in [0, 0.1) is 11.6 Å². The molecule has 22 heavy (non-hydrogen) atoms. The van der Waals surface area contributed by atoms with Gasteiger partial charge in [0.25, 0.3) is 0 Å². The van der Waals surface area contributed by atoms with Crippen LogP contribution in [0.3, 0.4) is 0 Å². The minimum Gasteiger partial charge on any atom is -0.374 e. The first-order valence-electron chi connectivity index (χ1n) is 8.00.